The third kappa shape index (κ3) is 5.84. The molecule has 10 heteroatoms. The number of unbranched alkanes of at least 4 members (excludes halogenated alkanes) is 1. The minimum atomic E-state index is -0.763. The van der Waals surface area contributed by atoms with Gasteiger partial charge in [-0.05, 0) is 53.7 Å². The number of hydrogen-bond donors (Lipinski definition) is 0. The summed E-state index contributed by atoms with van der Waals surface area (Å²) in [7, 11) is 0. The van der Waals surface area contributed by atoms with Crippen molar-refractivity contribution in [3.63, 3.8) is 0 Å². The van der Waals surface area contributed by atoms with Crippen LogP contribution in [0.3, 0.4) is 0 Å². The molecule has 2 aliphatic heterocycles. The van der Waals surface area contributed by atoms with E-state index in [4.69, 9.17) is 25.4 Å². The van der Waals surface area contributed by atoms with Crippen LogP contribution in [0, 0.1) is 0 Å². The molecule has 2 aliphatic rings. The number of nitrogens with zero attached hydrogens (tertiary/aromatic N) is 4. The first-order valence-electron chi connectivity index (χ1n) is 12.8. The van der Waals surface area contributed by atoms with E-state index in [-0.39, 0.29) is 19.1 Å². The number of ether oxygens (including phenoxy) is 2. The number of rotatable bonds is 9. The summed E-state index contributed by atoms with van der Waals surface area (Å²) >= 11 is 8.19. The van der Waals surface area contributed by atoms with Crippen LogP contribution in [0.1, 0.15) is 30.9 Å². The normalized spacial score (nSPS) is 15.9. The van der Waals surface area contributed by atoms with E-state index >= 15 is 0 Å². The fourth-order valence-electron chi connectivity index (χ4n) is 4.80. The molecule has 0 atom stereocenters. The number of anilines is 2. The van der Waals surface area contributed by atoms with Crippen molar-refractivity contribution < 1.29 is 19.1 Å². The van der Waals surface area contributed by atoms with Crippen LogP contribution >= 0.6 is 23.1 Å². The maximum absolute atomic E-state index is 12.6. The van der Waals surface area contributed by atoms with Crippen molar-refractivity contribution in [2.24, 2.45) is 0 Å². The van der Waals surface area contributed by atoms with Gasteiger partial charge in [0.1, 0.15) is 5.82 Å². The molecule has 1 fully saturated rings. The molecule has 0 radical (unpaired) electrons. The largest absolute Gasteiger partial charge is 0.510 e. The van der Waals surface area contributed by atoms with Gasteiger partial charge in [0.05, 0.1) is 23.4 Å². The Labute approximate surface area is 225 Å². The van der Waals surface area contributed by atoms with Gasteiger partial charge in [-0.1, -0.05) is 43.1 Å². The van der Waals surface area contributed by atoms with Crippen molar-refractivity contribution in [1.82, 2.24) is 9.27 Å². The van der Waals surface area contributed by atoms with Crippen LogP contribution in [-0.2, 0) is 27.1 Å². The first-order chi connectivity index (χ1) is 18.0. The first kappa shape index (κ1) is 25.8. The van der Waals surface area contributed by atoms with Crippen molar-refractivity contribution in [3.8, 4) is 0 Å². The molecule has 0 unspecified atom stereocenters. The monoisotopic (exact) mass is 542 g/mol. The van der Waals surface area contributed by atoms with Crippen LogP contribution in [0.25, 0.3) is 10.1 Å². The topological polar surface area (TPSA) is 75.2 Å². The highest BCUT2D eigenvalue weighted by molar-refractivity contribution is 7.13. The number of hydrogen-bond acceptors (Lipinski definition) is 8. The Balaban J connectivity index is 1.14. The van der Waals surface area contributed by atoms with Crippen molar-refractivity contribution in [2.45, 2.75) is 32.6 Å². The third-order valence-electron chi connectivity index (χ3n) is 6.94. The average molecular weight is 543 g/mol. The Kier molecular flexibility index (Phi) is 8.12. The van der Waals surface area contributed by atoms with E-state index in [1.54, 1.807) is 11.5 Å². The zero-order valence-electron chi connectivity index (χ0n) is 21.0. The Morgan fingerprint density at radius 3 is 2.76 bits per heavy atom. The molecule has 0 bridgehead atoms. The van der Waals surface area contributed by atoms with Gasteiger partial charge in [0.15, 0.2) is 6.73 Å². The SMILES string of the molecule is CCCCOC(=O)OCN1C(=O)Cc2cc(CCN3CCN(c4nsc5ccccc45)CC3)c(Cl)cc21. The number of carbonyl (C=O) groups is 2. The van der Waals surface area contributed by atoms with E-state index < -0.39 is 6.16 Å². The van der Waals surface area contributed by atoms with Gasteiger partial charge in [0.2, 0.25) is 5.91 Å². The van der Waals surface area contributed by atoms with E-state index in [1.165, 1.54) is 15.0 Å². The Bertz CT molecular complexity index is 1270. The maximum atomic E-state index is 12.6. The first-order valence-corrected chi connectivity index (χ1v) is 13.9. The maximum Gasteiger partial charge on any atom is 0.510 e. The van der Waals surface area contributed by atoms with Crippen molar-refractivity contribution >= 4 is 56.8 Å². The molecule has 2 aromatic carbocycles. The number of piperazine rings is 1. The fourth-order valence-corrected chi connectivity index (χ4v) is 5.85. The zero-order valence-corrected chi connectivity index (χ0v) is 22.5. The molecule has 1 amide bonds. The number of benzene rings is 2. The van der Waals surface area contributed by atoms with E-state index in [2.05, 4.69) is 34.1 Å². The standard InChI is InChI=1S/C27H31ClN4O4S/c1-2-3-14-35-27(34)36-18-32-23-17-22(28)19(15-20(23)16-25(32)33)8-9-30-10-12-31(13-11-30)26-21-6-4-5-7-24(21)37-29-26/h4-7,15,17H,2-3,8-14,16,18H2,1H3. The number of amides is 1. The van der Waals surface area contributed by atoms with Crippen LogP contribution < -0.4 is 9.80 Å². The van der Waals surface area contributed by atoms with Crippen LogP contribution in [0.2, 0.25) is 5.02 Å². The van der Waals surface area contributed by atoms with E-state index in [9.17, 15) is 9.59 Å². The summed E-state index contributed by atoms with van der Waals surface area (Å²) in [6.45, 7) is 6.86. The molecule has 37 heavy (non-hydrogen) atoms. The van der Waals surface area contributed by atoms with E-state index in [0.717, 1.165) is 68.9 Å². The molecule has 3 heterocycles. The lowest BCUT2D eigenvalue weighted by Gasteiger charge is -2.35. The summed E-state index contributed by atoms with van der Waals surface area (Å²) in [4.78, 5) is 30.6. The van der Waals surface area contributed by atoms with Crippen LogP contribution in [0.4, 0.5) is 16.3 Å². The molecule has 1 aromatic heterocycles. The van der Waals surface area contributed by atoms with Gasteiger partial charge in [-0.15, -0.1) is 0 Å². The summed E-state index contributed by atoms with van der Waals surface area (Å²) in [6, 6.07) is 12.2. The van der Waals surface area contributed by atoms with Gasteiger partial charge >= 0.3 is 6.16 Å². The highest BCUT2D eigenvalue weighted by Crippen LogP contribution is 2.34. The second-order valence-corrected chi connectivity index (χ2v) is 10.6. The molecule has 0 spiro atoms. The van der Waals surface area contributed by atoms with Gasteiger partial charge in [0.25, 0.3) is 0 Å². The second kappa shape index (κ2) is 11.7. The molecule has 0 saturated carbocycles. The van der Waals surface area contributed by atoms with Crippen LogP contribution in [0.15, 0.2) is 36.4 Å². The van der Waals surface area contributed by atoms with Crippen LogP contribution in [-0.4, -0.2) is 67.4 Å². The molecule has 5 rings (SSSR count). The molecule has 3 aromatic rings. The smallest absolute Gasteiger partial charge is 0.434 e. The Hall–Kier alpha value is -2.88. The highest BCUT2D eigenvalue weighted by Gasteiger charge is 2.30. The average Bonchev–Trinajstić information content (AvgIpc) is 3.47. The molecule has 0 aliphatic carbocycles. The van der Waals surface area contributed by atoms with Gasteiger partial charge in [-0.2, -0.15) is 4.37 Å². The number of aromatic nitrogens is 1. The number of halogens is 1. The van der Waals surface area contributed by atoms with Crippen LogP contribution in [0.5, 0.6) is 0 Å². The van der Waals surface area contributed by atoms with Crippen molar-refractivity contribution in [2.75, 3.05) is 55.9 Å². The molecule has 8 nitrogen and oxygen atoms in total. The van der Waals surface area contributed by atoms with Gasteiger partial charge in [0, 0.05) is 43.1 Å². The fraction of sp³-hybridized carbons (Fsp3) is 0.444. The molecule has 0 N–H and O–H groups in total. The van der Waals surface area contributed by atoms with E-state index in [0.29, 0.717) is 17.3 Å². The van der Waals surface area contributed by atoms with Gasteiger partial charge < -0.3 is 14.4 Å². The molecule has 196 valence electrons. The molecule has 1 saturated heterocycles. The third-order valence-corrected chi connectivity index (χ3v) is 8.11. The summed E-state index contributed by atoms with van der Waals surface area (Å²) in [6.07, 6.45) is 2.01. The lowest BCUT2D eigenvalue weighted by molar-refractivity contribution is -0.118. The van der Waals surface area contributed by atoms with Gasteiger partial charge in [-0.25, -0.2) is 4.79 Å². The zero-order chi connectivity index (χ0) is 25.8. The van der Waals surface area contributed by atoms with Crippen molar-refractivity contribution in [3.05, 3.63) is 52.5 Å². The van der Waals surface area contributed by atoms with Gasteiger partial charge in [-0.3, -0.25) is 14.6 Å². The number of carbonyl (C=O) groups excluding carboxylic acids is 2. The lowest BCUT2D eigenvalue weighted by Crippen LogP contribution is -2.47. The minimum Gasteiger partial charge on any atom is -0.434 e. The lowest BCUT2D eigenvalue weighted by atomic mass is 10.1. The second-order valence-electron chi connectivity index (χ2n) is 9.38. The quantitative estimate of drug-likeness (QED) is 0.274. The summed E-state index contributed by atoms with van der Waals surface area (Å²) in [5, 5.41) is 1.85. The molecular weight excluding hydrogens is 512 g/mol. The number of fused-ring (bicyclic) bond motifs is 2. The highest BCUT2D eigenvalue weighted by atomic mass is 35.5. The Morgan fingerprint density at radius 1 is 1.14 bits per heavy atom. The minimum absolute atomic E-state index is 0.115. The Morgan fingerprint density at radius 2 is 1.95 bits per heavy atom. The predicted octanol–water partition coefficient (Wildman–Crippen LogP) is 5.11. The van der Waals surface area contributed by atoms with Crippen molar-refractivity contribution in [1.29, 1.82) is 0 Å². The van der Waals surface area contributed by atoms with E-state index in [1.807, 2.05) is 19.1 Å². The predicted molar refractivity (Wildman–Crippen MR) is 147 cm³/mol. The summed E-state index contributed by atoms with van der Waals surface area (Å²) in [5.41, 5.74) is 2.64. The molecular formula is C27H31ClN4O4S. The summed E-state index contributed by atoms with van der Waals surface area (Å²) in [5.74, 6) is 0.976. The summed E-state index contributed by atoms with van der Waals surface area (Å²) < 4.78 is 16.1.